The Bertz CT molecular complexity index is 254. The van der Waals surface area contributed by atoms with Gasteiger partial charge in [-0.2, -0.15) is 0 Å². The van der Waals surface area contributed by atoms with Gasteiger partial charge in [0.2, 0.25) is 0 Å². The molecule has 1 N–H and O–H groups in total. The van der Waals surface area contributed by atoms with E-state index in [4.69, 9.17) is 5.11 Å². The van der Waals surface area contributed by atoms with Crippen LogP contribution < -0.4 is 0 Å². The van der Waals surface area contributed by atoms with Gasteiger partial charge in [-0.15, -0.1) is 0 Å². The maximum atomic E-state index is 8.87. The Morgan fingerprint density at radius 3 is 3.33 bits per heavy atom. The van der Waals surface area contributed by atoms with Crippen molar-refractivity contribution in [3.63, 3.8) is 0 Å². The average Bonchev–Trinajstić information content (AvgIpc) is 2.53. The van der Waals surface area contributed by atoms with Crippen LogP contribution >= 0.6 is 0 Å². The second kappa shape index (κ2) is 3.31. The normalized spacial score (nSPS) is 22.2. The van der Waals surface area contributed by atoms with Crippen molar-refractivity contribution in [3.8, 4) is 0 Å². The summed E-state index contributed by atoms with van der Waals surface area (Å²) in [5.41, 5.74) is 1.41. The molecular weight excluding hydrogens is 150 g/mol. The van der Waals surface area contributed by atoms with Gasteiger partial charge in [0.1, 0.15) is 0 Å². The van der Waals surface area contributed by atoms with E-state index in [0.717, 1.165) is 13.0 Å². The molecule has 0 fully saturated rings. The minimum atomic E-state index is 0.315. The molecule has 0 saturated carbocycles. The van der Waals surface area contributed by atoms with Gasteiger partial charge < -0.3 is 9.67 Å². The molecule has 0 aliphatic carbocycles. The summed E-state index contributed by atoms with van der Waals surface area (Å²) in [6.07, 6.45) is 5.56. The van der Waals surface area contributed by atoms with Crippen LogP contribution in [0.3, 0.4) is 0 Å². The number of aliphatic hydroxyl groups excluding tert-OH is 1. The lowest BCUT2D eigenvalue weighted by atomic mass is 9.93. The molecule has 0 aromatic carbocycles. The van der Waals surface area contributed by atoms with Crippen molar-refractivity contribution in [2.75, 3.05) is 6.61 Å². The van der Waals surface area contributed by atoms with Crippen LogP contribution in [0.1, 0.15) is 30.9 Å². The zero-order valence-corrected chi connectivity index (χ0v) is 7.24. The molecular formula is C10H15NO. The van der Waals surface area contributed by atoms with E-state index in [9.17, 15) is 0 Å². The van der Waals surface area contributed by atoms with Crippen LogP contribution in [-0.4, -0.2) is 16.3 Å². The number of hydrogen-bond acceptors (Lipinski definition) is 1. The quantitative estimate of drug-likeness (QED) is 0.709. The Balaban J connectivity index is 2.19. The van der Waals surface area contributed by atoms with E-state index in [1.807, 2.05) is 0 Å². The second-order valence-electron chi connectivity index (χ2n) is 3.48. The van der Waals surface area contributed by atoms with Crippen LogP contribution in [0.15, 0.2) is 18.3 Å². The summed E-state index contributed by atoms with van der Waals surface area (Å²) < 4.78 is 2.31. The van der Waals surface area contributed by atoms with Crippen molar-refractivity contribution >= 4 is 0 Å². The van der Waals surface area contributed by atoms with Gasteiger partial charge in [-0.25, -0.2) is 0 Å². The standard InChI is InChI=1S/C10H15NO/c12-8-5-9-3-1-6-11-7-2-4-10(9)11/h2,4,7,9,12H,1,3,5-6,8H2/t9-/m1/s1. The van der Waals surface area contributed by atoms with Crippen molar-refractivity contribution in [2.24, 2.45) is 0 Å². The minimum Gasteiger partial charge on any atom is -0.396 e. The summed E-state index contributed by atoms with van der Waals surface area (Å²) in [5, 5.41) is 8.87. The van der Waals surface area contributed by atoms with E-state index in [2.05, 4.69) is 22.9 Å². The van der Waals surface area contributed by atoms with Gasteiger partial charge in [-0.1, -0.05) is 0 Å². The molecule has 2 heteroatoms. The molecule has 1 aromatic rings. The third kappa shape index (κ3) is 1.27. The maximum absolute atomic E-state index is 8.87. The lowest BCUT2D eigenvalue weighted by Gasteiger charge is -2.24. The number of nitrogens with zero attached hydrogens (tertiary/aromatic N) is 1. The zero-order valence-electron chi connectivity index (χ0n) is 7.24. The van der Waals surface area contributed by atoms with Gasteiger partial charge in [0.05, 0.1) is 0 Å². The van der Waals surface area contributed by atoms with Gasteiger partial charge in [-0.3, -0.25) is 0 Å². The number of aliphatic hydroxyl groups is 1. The first-order chi connectivity index (χ1) is 5.92. The summed E-state index contributed by atoms with van der Waals surface area (Å²) in [4.78, 5) is 0. The zero-order chi connectivity index (χ0) is 8.39. The molecule has 1 aliphatic heterocycles. The number of aromatic nitrogens is 1. The molecule has 2 rings (SSSR count). The lowest BCUT2D eigenvalue weighted by Crippen LogP contribution is -2.15. The van der Waals surface area contributed by atoms with Crippen LogP contribution in [0.5, 0.6) is 0 Å². The molecule has 1 aromatic heterocycles. The second-order valence-corrected chi connectivity index (χ2v) is 3.48. The van der Waals surface area contributed by atoms with Crippen molar-refractivity contribution < 1.29 is 5.11 Å². The number of fused-ring (bicyclic) bond motifs is 1. The summed E-state index contributed by atoms with van der Waals surface area (Å²) in [5.74, 6) is 0.596. The molecule has 0 saturated heterocycles. The van der Waals surface area contributed by atoms with Crippen LogP contribution in [0.4, 0.5) is 0 Å². The highest BCUT2D eigenvalue weighted by Crippen LogP contribution is 2.29. The van der Waals surface area contributed by atoms with Crippen LogP contribution in [0.2, 0.25) is 0 Å². The lowest BCUT2D eigenvalue weighted by molar-refractivity contribution is 0.263. The topological polar surface area (TPSA) is 25.2 Å². The van der Waals surface area contributed by atoms with E-state index >= 15 is 0 Å². The molecule has 2 nitrogen and oxygen atoms in total. The molecule has 1 aliphatic rings. The molecule has 2 heterocycles. The molecule has 0 unspecified atom stereocenters. The van der Waals surface area contributed by atoms with Crippen LogP contribution in [-0.2, 0) is 6.54 Å². The Hall–Kier alpha value is -0.760. The highest BCUT2D eigenvalue weighted by atomic mass is 16.3. The molecule has 0 bridgehead atoms. The molecule has 1 atom stereocenters. The van der Waals surface area contributed by atoms with E-state index in [0.29, 0.717) is 12.5 Å². The highest BCUT2D eigenvalue weighted by molar-refractivity contribution is 5.14. The first-order valence-corrected chi connectivity index (χ1v) is 4.67. The predicted molar refractivity (Wildman–Crippen MR) is 48.1 cm³/mol. The van der Waals surface area contributed by atoms with Gasteiger partial charge in [0.25, 0.3) is 0 Å². The third-order valence-electron chi connectivity index (χ3n) is 2.71. The van der Waals surface area contributed by atoms with Gasteiger partial charge in [-0.05, 0) is 31.4 Å². The summed E-state index contributed by atoms with van der Waals surface area (Å²) in [6, 6.07) is 4.28. The van der Waals surface area contributed by atoms with Crippen molar-refractivity contribution in [2.45, 2.75) is 31.7 Å². The maximum Gasteiger partial charge on any atom is 0.0437 e. The highest BCUT2D eigenvalue weighted by Gasteiger charge is 2.18. The smallest absolute Gasteiger partial charge is 0.0437 e. The Labute approximate surface area is 72.8 Å². The predicted octanol–water partition coefficient (Wildman–Crippen LogP) is 1.75. The van der Waals surface area contributed by atoms with E-state index < -0.39 is 0 Å². The third-order valence-corrected chi connectivity index (χ3v) is 2.71. The molecule has 0 amide bonds. The van der Waals surface area contributed by atoms with E-state index in [1.54, 1.807) is 0 Å². The summed E-state index contributed by atoms with van der Waals surface area (Å²) >= 11 is 0. The van der Waals surface area contributed by atoms with Crippen molar-refractivity contribution in [1.82, 2.24) is 4.57 Å². The van der Waals surface area contributed by atoms with Crippen molar-refractivity contribution in [3.05, 3.63) is 24.0 Å². The Morgan fingerprint density at radius 2 is 2.50 bits per heavy atom. The minimum absolute atomic E-state index is 0.315. The molecule has 66 valence electrons. The van der Waals surface area contributed by atoms with Gasteiger partial charge in [0, 0.05) is 31.0 Å². The fourth-order valence-electron chi connectivity index (χ4n) is 2.11. The number of rotatable bonds is 2. The molecule has 12 heavy (non-hydrogen) atoms. The van der Waals surface area contributed by atoms with Gasteiger partial charge >= 0.3 is 0 Å². The first kappa shape index (κ1) is 7.87. The average molecular weight is 165 g/mol. The Morgan fingerprint density at radius 1 is 1.58 bits per heavy atom. The number of hydrogen-bond donors (Lipinski definition) is 1. The summed E-state index contributed by atoms with van der Waals surface area (Å²) in [7, 11) is 0. The van der Waals surface area contributed by atoms with Crippen LogP contribution in [0, 0.1) is 0 Å². The molecule has 0 radical (unpaired) electrons. The van der Waals surface area contributed by atoms with Crippen LogP contribution in [0.25, 0.3) is 0 Å². The van der Waals surface area contributed by atoms with E-state index in [-0.39, 0.29) is 0 Å². The molecule has 0 spiro atoms. The fraction of sp³-hybridized carbons (Fsp3) is 0.600. The van der Waals surface area contributed by atoms with E-state index in [1.165, 1.54) is 18.5 Å². The summed E-state index contributed by atoms with van der Waals surface area (Å²) in [6.45, 7) is 1.47. The van der Waals surface area contributed by atoms with Gasteiger partial charge in [0.15, 0.2) is 0 Å². The SMILES string of the molecule is OCC[C@H]1CCCn2cccc21. The van der Waals surface area contributed by atoms with Crippen molar-refractivity contribution in [1.29, 1.82) is 0 Å². The monoisotopic (exact) mass is 165 g/mol. The fourth-order valence-corrected chi connectivity index (χ4v) is 2.11. The largest absolute Gasteiger partial charge is 0.396 e. The first-order valence-electron chi connectivity index (χ1n) is 4.67. The Kier molecular flexibility index (Phi) is 2.17. The number of aryl methyl sites for hydroxylation is 1.